The molecule has 0 bridgehead atoms. The monoisotopic (exact) mass is 491 g/mol. The van der Waals surface area contributed by atoms with E-state index in [2.05, 4.69) is 4.98 Å². The van der Waals surface area contributed by atoms with Gasteiger partial charge in [-0.1, -0.05) is 0 Å². The van der Waals surface area contributed by atoms with E-state index in [4.69, 9.17) is 11.0 Å². The number of hydrogen-bond acceptors (Lipinski definition) is 6. The molecule has 1 atom stereocenters. The van der Waals surface area contributed by atoms with Crippen LogP contribution in [0.15, 0.2) is 18.2 Å². The lowest BCUT2D eigenvalue weighted by atomic mass is 9.70. The van der Waals surface area contributed by atoms with Crippen LogP contribution in [0, 0.1) is 36.5 Å². The molecule has 4 rings (SSSR count). The predicted octanol–water partition coefficient (Wildman–Crippen LogP) is 3.49. The van der Waals surface area contributed by atoms with Crippen LogP contribution >= 0.6 is 11.3 Å². The number of carbonyl (C=O) groups excluding carboxylic acids is 2. The van der Waals surface area contributed by atoms with Crippen LogP contribution in [-0.4, -0.2) is 47.9 Å². The highest BCUT2D eigenvalue weighted by atomic mass is 32.1. The maximum atomic E-state index is 13.5. The summed E-state index contributed by atoms with van der Waals surface area (Å²) in [6, 6.07) is 5.17. The Bertz CT molecular complexity index is 1180. The van der Waals surface area contributed by atoms with Gasteiger partial charge in [0.05, 0.1) is 33.8 Å². The first-order valence-electron chi connectivity index (χ1n) is 10.8. The second-order valence-electron chi connectivity index (χ2n) is 8.98. The molecule has 34 heavy (non-hydrogen) atoms. The molecule has 2 N–H and O–H groups in total. The van der Waals surface area contributed by atoms with Crippen LogP contribution in [0.25, 0.3) is 0 Å². The Labute approximate surface area is 199 Å². The number of rotatable bonds is 3. The third-order valence-corrected chi connectivity index (χ3v) is 7.99. The summed E-state index contributed by atoms with van der Waals surface area (Å²) < 4.78 is 40.4. The third-order valence-electron chi connectivity index (χ3n) is 6.93. The van der Waals surface area contributed by atoms with Crippen LogP contribution in [0.1, 0.15) is 44.3 Å². The van der Waals surface area contributed by atoms with Gasteiger partial charge in [-0.15, -0.1) is 11.3 Å². The van der Waals surface area contributed by atoms with Crippen LogP contribution in [0.2, 0.25) is 0 Å². The largest absolute Gasteiger partial charge is 0.417 e. The van der Waals surface area contributed by atoms with E-state index < -0.39 is 34.5 Å². The number of likely N-dealkylation sites (tertiary alicyclic amines) is 1. The Hall–Kier alpha value is -3.13. The molecule has 2 aliphatic rings. The molecular formula is C23H24F3N5O2S. The molecule has 0 saturated carbocycles. The number of nitrogens with zero attached hydrogens (tertiary/aromatic N) is 4. The normalized spacial score (nSPS) is 19.9. The summed E-state index contributed by atoms with van der Waals surface area (Å²) in [6.07, 6.45) is -3.63. The Morgan fingerprint density at radius 3 is 2.47 bits per heavy atom. The van der Waals surface area contributed by atoms with Crippen molar-refractivity contribution in [2.45, 2.75) is 32.9 Å². The number of amides is 2. The van der Waals surface area contributed by atoms with E-state index in [0.29, 0.717) is 48.7 Å². The maximum absolute atomic E-state index is 13.5. The van der Waals surface area contributed by atoms with Crippen molar-refractivity contribution in [3.05, 3.63) is 44.9 Å². The van der Waals surface area contributed by atoms with E-state index >= 15 is 0 Å². The number of hydrogen-bond donors (Lipinski definition) is 1. The Morgan fingerprint density at radius 1 is 1.26 bits per heavy atom. The lowest BCUT2D eigenvalue weighted by Crippen LogP contribution is -2.49. The zero-order chi connectivity index (χ0) is 24.8. The number of nitrogens with two attached hydrogens (primary N) is 1. The summed E-state index contributed by atoms with van der Waals surface area (Å²) in [5, 5.41) is 9.88. The van der Waals surface area contributed by atoms with Gasteiger partial charge in [-0.05, 0) is 44.9 Å². The SMILES string of the molecule is Cc1nc(C)c(C(=O)N2CCC3(CC2)CN(c2ccc(C#N)c(C(F)(F)F)c2)CC3C(N)=O)s1. The molecule has 2 aliphatic heterocycles. The van der Waals surface area contributed by atoms with Gasteiger partial charge >= 0.3 is 6.18 Å². The van der Waals surface area contributed by atoms with Gasteiger partial charge in [-0.2, -0.15) is 18.4 Å². The quantitative estimate of drug-likeness (QED) is 0.708. The van der Waals surface area contributed by atoms with Gasteiger partial charge in [0.1, 0.15) is 4.88 Å². The Morgan fingerprint density at radius 2 is 1.94 bits per heavy atom. The molecule has 1 aromatic heterocycles. The van der Waals surface area contributed by atoms with Crippen molar-refractivity contribution in [2.75, 3.05) is 31.1 Å². The van der Waals surface area contributed by atoms with Gasteiger partial charge in [0.2, 0.25) is 5.91 Å². The van der Waals surface area contributed by atoms with E-state index in [0.717, 1.165) is 17.1 Å². The molecule has 0 aliphatic carbocycles. The number of anilines is 1. The van der Waals surface area contributed by atoms with Crippen molar-refractivity contribution in [3.8, 4) is 6.07 Å². The number of alkyl halides is 3. The molecule has 2 fully saturated rings. The molecular weight excluding hydrogens is 467 g/mol. The molecule has 2 aromatic rings. The summed E-state index contributed by atoms with van der Waals surface area (Å²) >= 11 is 1.35. The van der Waals surface area contributed by atoms with E-state index in [-0.39, 0.29) is 12.5 Å². The fourth-order valence-corrected chi connectivity index (χ4v) is 6.04. The highest BCUT2D eigenvalue weighted by Crippen LogP contribution is 2.47. The van der Waals surface area contributed by atoms with Gasteiger partial charge in [-0.3, -0.25) is 9.59 Å². The van der Waals surface area contributed by atoms with E-state index in [1.54, 1.807) is 22.8 Å². The summed E-state index contributed by atoms with van der Waals surface area (Å²) in [6.45, 7) is 5.04. The molecule has 1 unspecified atom stereocenters. The topological polar surface area (TPSA) is 103 Å². The number of primary amides is 1. The summed E-state index contributed by atoms with van der Waals surface area (Å²) in [5.74, 6) is -1.15. The minimum absolute atomic E-state index is 0.0923. The van der Waals surface area contributed by atoms with Crippen LogP contribution < -0.4 is 10.6 Å². The molecule has 2 saturated heterocycles. The average molecular weight is 492 g/mol. The van der Waals surface area contributed by atoms with Crippen LogP contribution in [-0.2, 0) is 11.0 Å². The third kappa shape index (κ3) is 4.22. The van der Waals surface area contributed by atoms with Gasteiger partial charge in [0.25, 0.3) is 5.91 Å². The smallest absolute Gasteiger partial charge is 0.370 e. The van der Waals surface area contributed by atoms with Crippen molar-refractivity contribution in [1.29, 1.82) is 5.26 Å². The van der Waals surface area contributed by atoms with Crippen molar-refractivity contribution in [2.24, 2.45) is 17.1 Å². The summed E-state index contributed by atoms with van der Waals surface area (Å²) in [7, 11) is 0. The lowest BCUT2D eigenvalue weighted by molar-refractivity contribution is -0.137. The predicted molar refractivity (Wildman–Crippen MR) is 120 cm³/mol. The fraction of sp³-hybridized carbons (Fsp3) is 0.478. The van der Waals surface area contributed by atoms with E-state index in [1.807, 2.05) is 6.92 Å². The minimum atomic E-state index is -4.67. The molecule has 0 radical (unpaired) electrons. The summed E-state index contributed by atoms with van der Waals surface area (Å²) in [4.78, 5) is 33.7. The molecule has 1 aromatic carbocycles. The first kappa shape index (κ1) is 24.0. The zero-order valence-corrected chi connectivity index (χ0v) is 19.6. The number of nitriles is 1. The number of thiazole rings is 1. The number of aromatic nitrogens is 1. The molecule has 3 heterocycles. The Balaban J connectivity index is 1.56. The number of piperidine rings is 1. The molecule has 2 amide bonds. The Kier molecular flexibility index (Phi) is 6.06. The highest BCUT2D eigenvalue weighted by molar-refractivity contribution is 7.13. The zero-order valence-electron chi connectivity index (χ0n) is 18.8. The molecule has 1 spiro atoms. The van der Waals surface area contributed by atoms with Crippen molar-refractivity contribution >= 4 is 28.8 Å². The van der Waals surface area contributed by atoms with E-state index in [9.17, 15) is 22.8 Å². The van der Waals surface area contributed by atoms with Crippen LogP contribution in [0.3, 0.4) is 0 Å². The second-order valence-corrected chi connectivity index (χ2v) is 10.2. The fourth-order valence-electron chi connectivity index (χ4n) is 5.15. The maximum Gasteiger partial charge on any atom is 0.417 e. The van der Waals surface area contributed by atoms with Gasteiger partial charge < -0.3 is 15.5 Å². The number of halogens is 3. The first-order valence-corrected chi connectivity index (χ1v) is 11.7. The lowest BCUT2D eigenvalue weighted by Gasteiger charge is -2.41. The molecule has 180 valence electrons. The van der Waals surface area contributed by atoms with Crippen LogP contribution in [0.4, 0.5) is 18.9 Å². The van der Waals surface area contributed by atoms with Crippen molar-refractivity contribution < 1.29 is 22.8 Å². The van der Waals surface area contributed by atoms with Gasteiger partial charge in [0, 0.05) is 37.3 Å². The van der Waals surface area contributed by atoms with Crippen LogP contribution in [0.5, 0.6) is 0 Å². The number of benzene rings is 1. The highest BCUT2D eigenvalue weighted by Gasteiger charge is 2.51. The minimum Gasteiger partial charge on any atom is -0.370 e. The summed E-state index contributed by atoms with van der Waals surface area (Å²) in [5.41, 5.74) is 4.73. The molecule has 11 heteroatoms. The first-order chi connectivity index (χ1) is 15.9. The van der Waals surface area contributed by atoms with Gasteiger partial charge in [0.15, 0.2) is 0 Å². The second kappa shape index (κ2) is 8.58. The van der Waals surface area contributed by atoms with Crippen molar-refractivity contribution in [3.63, 3.8) is 0 Å². The average Bonchev–Trinajstić information content (AvgIpc) is 3.32. The number of carbonyl (C=O) groups is 2. The number of aryl methyl sites for hydroxylation is 2. The van der Waals surface area contributed by atoms with Gasteiger partial charge in [-0.25, -0.2) is 4.98 Å². The molecule has 7 nitrogen and oxygen atoms in total. The standard InChI is InChI=1S/C23H24F3N5O2S/c1-13-19(34-14(2)29-13)21(33)30-7-5-22(6-8-30)12-31(11-18(22)20(28)32)16-4-3-15(10-27)17(9-16)23(24,25)26/h3-4,9,18H,5-8,11-12H2,1-2H3,(H2,28,32). The van der Waals surface area contributed by atoms with Crippen molar-refractivity contribution in [1.82, 2.24) is 9.88 Å². The van der Waals surface area contributed by atoms with E-state index in [1.165, 1.54) is 17.4 Å².